The summed E-state index contributed by atoms with van der Waals surface area (Å²) in [5.74, 6) is 0.526. The van der Waals surface area contributed by atoms with E-state index in [9.17, 15) is 10.1 Å². The lowest BCUT2D eigenvalue weighted by Gasteiger charge is -2.36. The van der Waals surface area contributed by atoms with E-state index in [4.69, 9.17) is 4.74 Å². The highest BCUT2D eigenvalue weighted by molar-refractivity contribution is 5.76. The van der Waals surface area contributed by atoms with E-state index < -0.39 is 0 Å². The van der Waals surface area contributed by atoms with Crippen molar-refractivity contribution in [1.82, 2.24) is 18.9 Å². The van der Waals surface area contributed by atoms with Crippen molar-refractivity contribution in [1.29, 1.82) is 5.26 Å². The molecule has 168 valence electrons. The Morgan fingerprint density at radius 3 is 2.61 bits per heavy atom. The molecule has 0 atom stereocenters. The maximum Gasteiger partial charge on any atom is 0.275 e. The number of aromatic nitrogens is 3. The van der Waals surface area contributed by atoms with Crippen LogP contribution in [-0.4, -0.2) is 58.7 Å². The van der Waals surface area contributed by atoms with Crippen LogP contribution in [0.5, 0.6) is 5.88 Å². The van der Waals surface area contributed by atoms with Crippen molar-refractivity contribution in [3.05, 3.63) is 70.6 Å². The van der Waals surface area contributed by atoms with Crippen LogP contribution in [0.4, 0.5) is 5.69 Å². The molecule has 3 aromatic heterocycles. The number of nitrogens with zero attached hydrogens (tertiary/aromatic N) is 6. The molecule has 0 saturated carbocycles. The molecule has 1 saturated heterocycles. The highest BCUT2D eigenvalue weighted by Crippen LogP contribution is 2.21. The molecule has 0 unspecified atom stereocenters. The van der Waals surface area contributed by atoms with Gasteiger partial charge >= 0.3 is 0 Å². The van der Waals surface area contributed by atoms with Crippen molar-refractivity contribution in [2.24, 2.45) is 0 Å². The van der Waals surface area contributed by atoms with Crippen LogP contribution in [0, 0.1) is 11.3 Å². The highest BCUT2D eigenvalue weighted by Gasteiger charge is 2.19. The molecule has 33 heavy (non-hydrogen) atoms. The van der Waals surface area contributed by atoms with Crippen molar-refractivity contribution in [2.45, 2.75) is 13.0 Å². The molecule has 0 spiro atoms. The number of anilines is 1. The van der Waals surface area contributed by atoms with Crippen LogP contribution in [0.1, 0.15) is 12.0 Å². The van der Waals surface area contributed by atoms with Gasteiger partial charge in [-0.15, -0.1) is 0 Å². The standard InChI is InChI=1S/C25H26N6O2/c1-33-23-10-9-21-24(27-23)30-12-4-8-22(30)25(32)31(21)13-5-11-28-14-16-29(17-15-28)20-7-3-2-6-19(20)18-26/h2-4,6-10,12H,5,11,13-17H2,1H3. The SMILES string of the molecule is COc1ccc2c(n1)n1cccc1c(=O)n2CCCN1CCN(c2ccccc2C#N)CC1. The van der Waals surface area contributed by atoms with E-state index in [1.807, 2.05) is 57.6 Å². The van der Waals surface area contributed by atoms with Crippen molar-refractivity contribution >= 4 is 22.4 Å². The third-order valence-corrected chi connectivity index (χ3v) is 6.36. The van der Waals surface area contributed by atoms with Gasteiger partial charge in [-0.3, -0.25) is 14.1 Å². The molecule has 1 aliphatic heterocycles. The highest BCUT2D eigenvalue weighted by atomic mass is 16.5. The van der Waals surface area contributed by atoms with E-state index in [0.717, 1.165) is 61.6 Å². The number of piperazine rings is 1. The van der Waals surface area contributed by atoms with Crippen LogP contribution < -0.4 is 15.2 Å². The molecular weight excluding hydrogens is 416 g/mol. The molecule has 0 bridgehead atoms. The second kappa shape index (κ2) is 8.96. The lowest BCUT2D eigenvalue weighted by Crippen LogP contribution is -2.47. The average Bonchev–Trinajstić information content (AvgIpc) is 3.37. The maximum absolute atomic E-state index is 13.1. The topological polar surface area (TPSA) is 78.8 Å². The fourth-order valence-electron chi connectivity index (χ4n) is 4.64. The van der Waals surface area contributed by atoms with Crippen molar-refractivity contribution in [2.75, 3.05) is 44.7 Å². The lowest BCUT2D eigenvalue weighted by atomic mass is 10.1. The summed E-state index contributed by atoms with van der Waals surface area (Å²) in [6.45, 7) is 5.19. The summed E-state index contributed by atoms with van der Waals surface area (Å²) >= 11 is 0. The van der Waals surface area contributed by atoms with Gasteiger partial charge in [-0.05, 0) is 43.3 Å². The molecule has 0 aliphatic carbocycles. The van der Waals surface area contributed by atoms with Crippen LogP contribution in [0.2, 0.25) is 0 Å². The van der Waals surface area contributed by atoms with Crippen LogP contribution >= 0.6 is 0 Å². The first-order valence-corrected chi connectivity index (χ1v) is 11.2. The Bertz CT molecular complexity index is 1390. The van der Waals surface area contributed by atoms with Gasteiger partial charge in [0, 0.05) is 45.0 Å². The Hall–Kier alpha value is -3.83. The number of rotatable bonds is 6. The molecule has 8 heteroatoms. The van der Waals surface area contributed by atoms with E-state index in [0.29, 0.717) is 17.9 Å². The smallest absolute Gasteiger partial charge is 0.275 e. The first-order valence-electron chi connectivity index (χ1n) is 11.2. The number of aryl methyl sites for hydroxylation is 1. The second-order valence-electron chi connectivity index (χ2n) is 8.23. The molecule has 1 aliphatic rings. The molecule has 0 amide bonds. The summed E-state index contributed by atoms with van der Waals surface area (Å²) in [5, 5.41) is 9.38. The minimum Gasteiger partial charge on any atom is -0.481 e. The van der Waals surface area contributed by atoms with Crippen LogP contribution in [0.25, 0.3) is 16.7 Å². The van der Waals surface area contributed by atoms with Gasteiger partial charge in [0.1, 0.15) is 11.6 Å². The summed E-state index contributed by atoms with van der Waals surface area (Å²) in [4.78, 5) is 22.4. The van der Waals surface area contributed by atoms with Gasteiger partial charge < -0.3 is 14.2 Å². The van der Waals surface area contributed by atoms with Gasteiger partial charge in [-0.1, -0.05) is 12.1 Å². The number of ether oxygens (including phenoxy) is 1. The van der Waals surface area contributed by atoms with E-state index in [2.05, 4.69) is 20.9 Å². The van der Waals surface area contributed by atoms with Crippen molar-refractivity contribution < 1.29 is 4.74 Å². The van der Waals surface area contributed by atoms with Gasteiger partial charge in [0.25, 0.3) is 5.56 Å². The number of pyridine rings is 1. The zero-order valence-electron chi connectivity index (χ0n) is 18.6. The Morgan fingerprint density at radius 2 is 1.82 bits per heavy atom. The lowest BCUT2D eigenvalue weighted by molar-refractivity contribution is 0.250. The number of methoxy groups -OCH3 is 1. The van der Waals surface area contributed by atoms with Gasteiger partial charge in [-0.25, -0.2) is 0 Å². The molecule has 1 fully saturated rings. The van der Waals surface area contributed by atoms with Crippen molar-refractivity contribution in [3.63, 3.8) is 0 Å². The number of benzene rings is 1. The minimum absolute atomic E-state index is 0.00241. The molecule has 1 aromatic carbocycles. The zero-order chi connectivity index (χ0) is 22.8. The predicted octanol–water partition coefficient (Wildman–Crippen LogP) is 2.74. The number of para-hydroxylation sites is 1. The summed E-state index contributed by atoms with van der Waals surface area (Å²) in [6, 6.07) is 17.5. The first kappa shape index (κ1) is 21.0. The Balaban J connectivity index is 1.28. The van der Waals surface area contributed by atoms with Crippen LogP contribution in [0.15, 0.2) is 59.5 Å². The van der Waals surface area contributed by atoms with E-state index >= 15 is 0 Å². The fourth-order valence-corrected chi connectivity index (χ4v) is 4.64. The number of hydrogen-bond acceptors (Lipinski definition) is 6. The third-order valence-electron chi connectivity index (χ3n) is 6.36. The summed E-state index contributed by atoms with van der Waals surface area (Å²) < 4.78 is 8.95. The number of hydrogen-bond donors (Lipinski definition) is 0. The van der Waals surface area contributed by atoms with Gasteiger partial charge in [0.05, 0.1) is 23.9 Å². The molecule has 0 N–H and O–H groups in total. The molecule has 4 heterocycles. The molecule has 4 aromatic rings. The average molecular weight is 443 g/mol. The summed E-state index contributed by atoms with van der Waals surface area (Å²) in [5.41, 5.74) is 3.89. The monoisotopic (exact) mass is 442 g/mol. The van der Waals surface area contributed by atoms with Crippen LogP contribution in [-0.2, 0) is 6.54 Å². The second-order valence-corrected chi connectivity index (χ2v) is 8.23. The molecule has 0 radical (unpaired) electrons. The third kappa shape index (κ3) is 3.92. The zero-order valence-corrected chi connectivity index (χ0v) is 18.6. The molecule has 5 rings (SSSR count). The van der Waals surface area contributed by atoms with Gasteiger partial charge in [0.15, 0.2) is 5.65 Å². The molecule has 8 nitrogen and oxygen atoms in total. The quantitative estimate of drug-likeness (QED) is 0.457. The van der Waals surface area contributed by atoms with E-state index in [-0.39, 0.29) is 5.56 Å². The first-order chi connectivity index (χ1) is 16.2. The van der Waals surface area contributed by atoms with E-state index in [1.54, 1.807) is 13.2 Å². The summed E-state index contributed by atoms with van der Waals surface area (Å²) in [7, 11) is 1.59. The Morgan fingerprint density at radius 1 is 1.00 bits per heavy atom. The Labute approximate surface area is 191 Å². The molecular formula is C25H26N6O2. The van der Waals surface area contributed by atoms with Crippen LogP contribution in [0.3, 0.4) is 0 Å². The van der Waals surface area contributed by atoms with E-state index in [1.165, 1.54) is 0 Å². The van der Waals surface area contributed by atoms with Gasteiger partial charge in [-0.2, -0.15) is 10.2 Å². The summed E-state index contributed by atoms with van der Waals surface area (Å²) in [6.07, 6.45) is 2.73. The minimum atomic E-state index is -0.00241. The number of fused-ring (bicyclic) bond motifs is 3. The predicted molar refractivity (Wildman–Crippen MR) is 128 cm³/mol. The van der Waals surface area contributed by atoms with Gasteiger partial charge in [0.2, 0.25) is 5.88 Å². The number of nitriles is 1. The Kier molecular flexibility index (Phi) is 5.71. The maximum atomic E-state index is 13.1. The largest absolute Gasteiger partial charge is 0.481 e. The fraction of sp³-hybridized carbons (Fsp3) is 0.320. The normalized spacial score (nSPS) is 14.6. The van der Waals surface area contributed by atoms with Crippen molar-refractivity contribution in [3.8, 4) is 11.9 Å².